The minimum Gasteiger partial charge on any atom is -0.463 e. The highest BCUT2D eigenvalue weighted by Gasteiger charge is 2.60. The first-order valence-corrected chi connectivity index (χ1v) is 24.9. The summed E-state index contributed by atoms with van der Waals surface area (Å²) in [5.74, 6) is -9.40. The Hall–Kier alpha value is -5.92. The van der Waals surface area contributed by atoms with Crippen molar-refractivity contribution in [1.82, 2.24) is 15.0 Å². The highest BCUT2D eigenvalue weighted by Crippen LogP contribution is 2.38. The molecule has 0 bridgehead atoms. The quantitative estimate of drug-likeness (QED) is 0.0545. The van der Waals surface area contributed by atoms with Gasteiger partial charge in [0.05, 0.1) is 12.3 Å². The zero-order chi connectivity index (χ0) is 56.4. The number of carbonyl (C=O) groups is 10. The van der Waals surface area contributed by atoms with Crippen LogP contribution < -0.4 is 0 Å². The molecule has 4 rings (SSSR count). The van der Waals surface area contributed by atoms with Crippen molar-refractivity contribution in [2.24, 2.45) is 0 Å². The van der Waals surface area contributed by atoms with Gasteiger partial charge in [0.25, 0.3) is 0 Å². The summed E-state index contributed by atoms with van der Waals surface area (Å²) in [5, 5.41) is 9.06. The van der Waals surface area contributed by atoms with Crippen LogP contribution in [-0.4, -0.2) is 199 Å². The van der Waals surface area contributed by atoms with E-state index in [1.54, 1.807) is 10.9 Å². The maximum atomic E-state index is 13.1. The second-order valence-corrected chi connectivity index (χ2v) is 18.0. The summed E-state index contributed by atoms with van der Waals surface area (Å²) < 4.78 is 94.8. The highest BCUT2D eigenvalue weighted by molar-refractivity contribution is 9.09. The SMILES string of the molecule is CC(=O)OCC1OC(OC2C(COC(C)=O)OC(OC3C(COC(C)=O)OC(OCCCn4cc(CCCBr)nn4)C(OC(C)=O)C3OC(C)=O)C(OC(C)=O)C2OC(C)=O)C(OC(C)=O)C(OC(C)=O)C1OC(C)=O. The van der Waals surface area contributed by atoms with Crippen LogP contribution in [0.1, 0.15) is 87.8 Å². The molecule has 1 aromatic heterocycles. The molecule has 0 radical (unpaired) electrons. The molecule has 29 nitrogen and oxygen atoms in total. The van der Waals surface area contributed by atoms with E-state index in [0.717, 1.165) is 86.7 Å². The first-order valence-electron chi connectivity index (χ1n) is 23.8. The van der Waals surface area contributed by atoms with Crippen LogP contribution in [0, 0.1) is 0 Å². The normalized spacial score (nSPS) is 29.1. The van der Waals surface area contributed by atoms with E-state index in [2.05, 4.69) is 26.2 Å². The van der Waals surface area contributed by atoms with E-state index in [0.29, 0.717) is 19.4 Å². The Kier molecular flexibility index (Phi) is 24.8. The van der Waals surface area contributed by atoms with E-state index in [9.17, 15) is 47.9 Å². The van der Waals surface area contributed by atoms with Crippen LogP contribution in [0.5, 0.6) is 0 Å². The van der Waals surface area contributed by atoms with Crippen LogP contribution in [-0.2, 0) is 137 Å². The van der Waals surface area contributed by atoms with Crippen LogP contribution in [0.15, 0.2) is 6.20 Å². The molecule has 15 unspecified atom stereocenters. The van der Waals surface area contributed by atoms with Crippen LogP contribution in [0.3, 0.4) is 0 Å². The van der Waals surface area contributed by atoms with Crippen LogP contribution in [0.4, 0.5) is 0 Å². The molecule has 76 heavy (non-hydrogen) atoms. The van der Waals surface area contributed by atoms with Gasteiger partial charge in [0, 0.05) is 87.3 Å². The molecule has 426 valence electrons. The van der Waals surface area contributed by atoms with Crippen molar-refractivity contribution in [3.63, 3.8) is 0 Å². The van der Waals surface area contributed by atoms with Gasteiger partial charge in [-0.2, -0.15) is 0 Å². The first kappa shape index (κ1) is 62.6. The second kappa shape index (κ2) is 30.1. The molecule has 0 saturated carbocycles. The van der Waals surface area contributed by atoms with Crippen LogP contribution >= 0.6 is 15.9 Å². The third-order valence-corrected chi connectivity index (χ3v) is 11.4. The largest absolute Gasteiger partial charge is 0.463 e. The molecule has 30 heteroatoms. The Morgan fingerprint density at radius 3 is 1.18 bits per heavy atom. The lowest BCUT2D eigenvalue weighted by Gasteiger charge is -2.50. The van der Waals surface area contributed by atoms with Crippen molar-refractivity contribution in [1.29, 1.82) is 0 Å². The average Bonchev–Trinajstić information content (AvgIpc) is 3.76. The second-order valence-electron chi connectivity index (χ2n) is 17.2. The molecule has 3 aliphatic heterocycles. The predicted molar refractivity (Wildman–Crippen MR) is 247 cm³/mol. The molecule has 0 spiro atoms. The number of alkyl halides is 1. The maximum Gasteiger partial charge on any atom is 0.303 e. The van der Waals surface area contributed by atoms with Gasteiger partial charge in [-0.15, -0.1) is 5.10 Å². The fraction of sp³-hybridized carbons (Fsp3) is 0.739. The van der Waals surface area contributed by atoms with Crippen molar-refractivity contribution in [2.45, 2.75) is 187 Å². The number of nitrogens with zero attached hydrogens (tertiary/aromatic N) is 3. The Balaban J connectivity index is 1.83. The summed E-state index contributed by atoms with van der Waals surface area (Å²) in [4.78, 5) is 127. The highest BCUT2D eigenvalue weighted by atomic mass is 79.9. The third kappa shape index (κ3) is 19.6. The number of ether oxygens (including phenoxy) is 16. The first-order chi connectivity index (χ1) is 35.9. The average molecular weight is 1150 g/mol. The fourth-order valence-electron chi connectivity index (χ4n) is 8.13. The Morgan fingerprint density at radius 1 is 0.461 bits per heavy atom. The van der Waals surface area contributed by atoms with E-state index < -0.39 is 172 Å². The van der Waals surface area contributed by atoms with Crippen molar-refractivity contribution in [3.05, 3.63) is 11.9 Å². The lowest BCUT2D eigenvalue weighted by molar-refractivity contribution is -0.380. The third-order valence-electron chi connectivity index (χ3n) is 10.8. The Morgan fingerprint density at radius 2 is 0.803 bits per heavy atom. The van der Waals surface area contributed by atoms with Gasteiger partial charge in [0.15, 0.2) is 61.6 Å². The van der Waals surface area contributed by atoms with Crippen LogP contribution in [0.2, 0.25) is 0 Å². The molecule has 0 aromatic carbocycles. The lowest BCUT2D eigenvalue weighted by atomic mass is 9.95. The summed E-state index contributed by atoms with van der Waals surface area (Å²) in [6.07, 6.45) is -22.8. The Labute approximate surface area is 444 Å². The molecule has 3 saturated heterocycles. The van der Waals surface area contributed by atoms with Crippen molar-refractivity contribution >= 4 is 75.6 Å². The molecular formula is C46H64BrN3O26. The standard InChI is InChI=1S/C46H64BrN3O26/c1-21(51)62-18-32-35(65-24(4)54)38(66-25(5)55)42(70-29(9)59)45(73-32)76-37-34(20-64-23(3)53)74-46(43(71-30(10)60)40(37)68-27(7)57)75-36-33(19-63-22(2)52)72-44(41(69-28(8)58)39(36)67-26(6)56)61-16-12-15-50-17-31(48-49-50)13-11-14-47/h17,32-46H,11-16,18-20H2,1-10H3. The zero-order valence-electron chi connectivity index (χ0n) is 43.4. The van der Waals surface area contributed by atoms with E-state index in [4.69, 9.17) is 75.8 Å². The van der Waals surface area contributed by atoms with E-state index >= 15 is 0 Å². The fourth-order valence-corrected chi connectivity index (χ4v) is 8.41. The lowest BCUT2D eigenvalue weighted by Crippen LogP contribution is -2.69. The van der Waals surface area contributed by atoms with Gasteiger partial charge in [0.1, 0.15) is 50.3 Å². The topological polar surface area (TPSA) is 349 Å². The molecule has 0 aliphatic carbocycles. The van der Waals surface area contributed by atoms with E-state index in [1.807, 2.05) is 0 Å². The van der Waals surface area contributed by atoms with Crippen LogP contribution in [0.25, 0.3) is 0 Å². The monoisotopic (exact) mass is 1150 g/mol. The number of carbonyl (C=O) groups excluding carboxylic acids is 10. The van der Waals surface area contributed by atoms with Gasteiger partial charge in [0.2, 0.25) is 0 Å². The van der Waals surface area contributed by atoms with Gasteiger partial charge in [-0.1, -0.05) is 21.1 Å². The number of hydrogen-bond acceptors (Lipinski definition) is 28. The smallest absolute Gasteiger partial charge is 0.303 e. The van der Waals surface area contributed by atoms with Crippen molar-refractivity contribution in [2.75, 3.05) is 31.8 Å². The number of esters is 10. The van der Waals surface area contributed by atoms with Gasteiger partial charge in [-0.3, -0.25) is 52.6 Å². The number of halogens is 1. The van der Waals surface area contributed by atoms with Gasteiger partial charge in [-0.25, -0.2) is 0 Å². The van der Waals surface area contributed by atoms with E-state index in [-0.39, 0.29) is 6.61 Å². The molecule has 1 aromatic rings. The number of aromatic nitrogens is 3. The Bertz CT molecular complexity index is 2190. The minimum atomic E-state index is -2.02. The van der Waals surface area contributed by atoms with Crippen molar-refractivity contribution < 1.29 is 124 Å². The predicted octanol–water partition coefficient (Wildman–Crippen LogP) is 0.169. The summed E-state index contributed by atoms with van der Waals surface area (Å²) in [7, 11) is 0. The molecule has 0 N–H and O–H groups in total. The van der Waals surface area contributed by atoms with E-state index in [1.165, 1.54) is 0 Å². The van der Waals surface area contributed by atoms with Gasteiger partial charge < -0.3 is 75.8 Å². The number of rotatable bonds is 25. The number of aryl methyl sites for hydroxylation is 2. The summed E-state index contributed by atoms with van der Waals surface area (Å²) >= 11 is 3.39. The summed E-state index contributed by atoms with van der Waals surface area (Å²) in [6.45, 7) is 8.28. The van der Waals surface area contributed by atoms with Crippen molar-refractivity contribution in [3.8, 4) is 0 Å². The minimum absolute atomic E-state index is 0.0687. The number of hydrogen-bond donors (Lipinski definition) is 0. The van der Waals surface area contributed by atoms with Gasteiger partial charge in [-0.05, 0) is 19.3 Å². The summed E-state index contributed by atoms with van der Waals surface area (Å²) in [5.41, 5.74) is 0.773. The molecular weight excluding hydrogens is 1090 g/mol. The van der Waals surface area contributed by atoms with Gasteiger partial charge >= 0.3 is 59.7 Å². The zero-order valence-corrected chi connectivity index (χ0v) is 45.0. The molecule has 3 fully saturated rings. The molecule has 3 aliphatic rings. The molecule has 4 heterocycles. The maximum absolute atomic E-state index is 13.1. The molecule has 0 amide bonds. The molecule has 15 atom stereocenters. The summed E-state index contributed by atoms with van der Waals surface area (Å²) in [6, 6.07) is 0.